The molecule has 0 atom stereocenters. The summed E-state index contributed by atoms with van der Waals surface area (Å²) >= 11 is 1.67. The molecule has 2 rings (SSSR count). The highest BCUT2D eigenvalue weighted by Crippen LogP contribution is 2.18. The number of nitrogens with zero attached hydrogens (tertiary/aromatic N) is 2. The predicted molar refractivity (Wildman–Crippen MR) is 77.7 cm³/mol. The van der Waals surface area contributed by atoms with Crippen molar-refractivity contribution in [3.05, 3.63) is 51.7 Å². The molecule has 0 saturated heterocycles. The normalized spacial score (nSPS) is 11.2. The molecule has 0 bridgehead atoms. The van der Waals surface area contributed by atoms with Crippen LogP contribution in [0.25, 0.3) is 0 Å². The Kier molecular flexibility index (Phi) is 5.05. The lowest BCUT2D eigenvalue weighted by Crippen LogP contribution is -2.24. The minimum atomic E-state index is -0.121. The highest BCUT2D eigenvalue weighted by molar-refractivity contribution is 7.09. The monoisotopic (exact) mass is 278 g/mol. The Balaban J connectivity index is 2.08. The van der Waals surface area contributed by atoms with Gasteiger partial charge in [-0.1, -0.05) is 25.1 Å². The molecular formula is C15H19FN2S. The molecule has 0 amide bonds. The molecule has 1 heterocycles. The molecule has 2 aromatic rings. The van der Waals surface area contributed by atoms with Crippen LogP contribution >= 0.6 is 11.3 Å². The van der Waals surface area contributed by atoms with Gasteiger partial charge >= 0.3 is 0 Å². The van der Waals surface area contributed by atoms with E-state index in [1.54, 1.807) is 17.4 Å². The van der Waals surface area contributed by atoms with Crippen molar-refractivity contribution in [3.63, 3.8) is 0 Å². The molecule has 0 fully saturated rings. The van der Waals surface area contributed by atoms with Gasteiger partial charge in [0.1, 0.15) is 5.82 Å². The Morgan fingerprint density at radius 2 is 2.05 bits per heavy atom. The fraction of sp³-hybridized carbons (Fsp3) is 0.400. The van der Waals surface area contributed by atoms with E-state index in [1.807, 2.05) is 24.6 Å². The van der Waals surface area contributed by atoms with E-state index in [1.165, 1.54) is 10.9 Å². The van der Waals surface area contributed by atoms with Crippen molar-refractivity contribution >= 4 is 11.3 Å². The first-order valence-corrected chi connectivity index (χ1v) is 7.43. The molecule has 0 aliphatic rings. The van der Waals surface area contributed by atoms with Crippen LogP contribution < -0.4 is 0 Å². The fourth-order valence-electron chi connectivity index (χ4n) is 2.08. The van der Waals surface area contributed by atoms with Crippen LogP contribution in [0.5, 0.6) is 0 Å². The summed E-state index contributed by atoms with van der Waals surface area (Å²) in [6.45, 7) is 6.63. The highest BCUT2D eigenvalue weighted by Gasteiger charge is 2.11. The van der Waals surface area contributed by atoms with Crippen molar-refractivity contribution < 1.29 is 4.39 Å². The maximum Gasteiger partial charge on any atom is 0.127 e. The summed E-state index contributed by atoms with van der Waals surface area (Å²) in [5, 5.41) is 0. The smallest absolute Gasteiger partial charge is 0.127 e. The van der Waals surface area contributed by atoms with Crippen molar-refractivity contribution in [2.45, 2.75) is 33.4 Å². The van der Waals surface area contributed by atoms with Gasteiger partial charge in [-0.25, -0.2) is 9.37 Å². The fourth-order valence-corrected chi connectivity index (χ4v) is 2.90. The molecule has 102 valence electrons. The number of hydrogen-bond acceptors (Lipinski definition) is 3. The maximum atomic E-state index is 13.7. The maximum absolute atomic E-state index is 13.7. The molecule has 2 nitrogen and oxygen atoms in total. The van der Waals surface area contributed by atoms with Crippen LogP contribution in [-0.4, -0.2) is 16.4 Å². The van der Waals surface area contributed by atoms with Crippen LogP contribution in [0.4, 0.5) is 4.39 Å². The van der Waals surface area contributed by atoms with Crippen molar-refractivity contribution in [2.24, 2.45) is 0 Å². The second kappa shape index (κ2) is 6.78. The van der Waals surface area contributed by atoms with E-state index in [-0.39, 0.29) is 5.82 Å². The van der Waals surface area contributed by atoms with Crippen LogP contribution in [0, 0.1) is 12.7 Å². The third-order valence-corrected chi connectivity index (χ3v) is 4.02. The van der Waals surface area contributed by atoms with Gasteiger partial charge in [0.15, 0.2) is 0 Å². The molecule has 0 N–H and O–H groups in total. The van der Waals surface area contributed by atoms with Gasteiger partial charge in [0, 0.05) is 23.5 Å². The van der Waals surface area contributed by atoms with Crippen LogP contribution in [0.3, 0.4) is 0 Å². The van der Waals surface area contributed by atoms with Crippen LogP contribution in [-0.2, 0) is 13.1 Å². The van der Waals surface area contributed by atoms with Gasteiger partial charge in [-0.05, 0) is 26.0 Å². The number of aryl methyl sites for hydroxylation is 1. The third kappa shape index (κ3) is 3.85. The summed E-state index contributed by atoms with van der Waals surface area (Å²) in [6.07, 6.45) is 1.06. The van der Waals surface area contributed by atoms with E-state index >= 15 is 0 Å². The zero-order chi connectivity index (χ0) is 13.7. The minimum absolute atomic E-state index is 0.121. The number of halogens is 1. The Morgan fingerprint density at radius 1 is 1.26 bits per heavy atom. The van der Waals surface area contributed by atoms with Gasteiger partial charge in [0.2, 0.25) is 0 Å². The Labute approximate surface area is 117 Å². The Morgan fingerprint density at radius 3 is 2.68 bits per heavy atom. The van der Waals surface area contributed by atoms with Crippen LogP contribution in [0.2, 0.25) is 0 Å². The summed E-state index contributed by atoms with van der Waals surface area (Å²) in [6, 6.07) is 7.01. The summed E-state index contributed by atoms with van der Waals surface area (Å²) in [4.78, 5) is 7.82. The van der Waals surface area contributed by atoms with Gasteiger partial charge in [-0.3, -0.25) is 4.90 Å². The molecule has 0 unspecified atom stereocenters. The Bertz CT molecular complexity index is 524. The molecule has 1 aromatic heterocycles. The molecule has 0 radical (unpaired) electrons. The van der Waals surface area contributed by atoms with Gasteiger partial charge in [-0.2, -0.15) is 0 Å². The molecule has 0 aliphatic carbocycles. The molecule has 0 spiro atoms. The summed E-state index contributed by atoms with van der Waals surface area (Å²) in [7, 11) is 0. The minimum Gasteiger partial charge on any atom is -0.294 e. The van der Waals surface area contributed by atoms with Gasteiger partial charge < -0.3 is 0 Å². The first kappa shape index (κ1) is 14.2. The largest absolute Gasteiger partial charge is 0.294 e. The zero-order valence-electron chi connectivity index (χ0n) is 11.4. The van der Waals surface area contributed by atoms with Gasteiger partial charge in [0.05, 0.1) is 11.2 Å². The molecule has 4 heteroatoms. The number of thiazole rings is 1. The number of aromatic nitrogens is 1. The van der Waals surface area contributed by atoms with Crippen molar-refractivity contribution in [1.29, 1.82) is 0 Å². The lowest BCUT2D eigenvalue weighted by atomic mass is 10.2. The quantitative estimate of drug-likeness (QED) is 0.794. The molecule has 0 saturated carbocycles. The third-order valence-electron chi connectivity index (χ3n) is 3.10. The zero-order valence-corrected chi connectivity index (χ0v) is 12.2. The van der Waals surface area contributed by atoms with Crippen molar-refractivity contribution in [2.75, 3.05) is 6.54 Å². The van der Waals surface area contributed by atoms with Gasteiger partial charge in [-0.15, -0.1) is 11.3 Å². The van der Waals surface area contributed by atoms with E-state index in [9.17, 15) is 4.39 Å². The highest BCUT2D eigenvalue weighted by atomic mass is 32.1. The molecular weight excluding hydrogens is 259 g/mol. The average molecular weight is 278 g/mol. The first-order valence-electron chi connectivity index (χ1n) is 6.55. The molecule has 0 aliphatic heterocycles. The first-order chi connectivity index (χ1) is 9.20. The van der Waals surface area contributed by atoms with E-state index in [0.717, 1.165) is 30.8 Å². The number of rotatable bonds is 6. The second-order valence-electron chi connectivity index (χ2n) is 4.66. The standard InChI is InChI=1S/C15H19FN2S/c1-3-8-18(10-15-12(2)17-11-19-15)9-13-6-4-5-7-14(13)16/h4-7,11H,3,8-10H2,1-2H3. The predicted octanol–water partition coefficient (Wildman–Crippen LogP) is 4.00. The average Bonchev–Trinajstić information content (AvgIpc) is 2.78. The van der Waals surface area contributed by atoms with Crippen LogP contribution in [0.1, 0.15) is 29.5 Å². The molecule has 1 aromatic carbocycles. The second-order valence-corrected chi connectivity index (χ2v) is 5.60. The summed E-state index contributed by atoms with van der Waals surface area (Å²) in [5.74, 6) is -0.121. The SMILES string of the molecule is CCCN(Cc1ccccc1F)Cc1scnc1C. The van der Waals surface area contributed by atoms with E-state index in [0.29, 0.717) is 6.54 Å². The topological polar surface area (TPSA) is 16.1 Å². The van der Waals surface area contributed by atoms with E-state index in [2.05, 4.69) is 16.8 Å². The summed E-state index contributed by atoms with van der Waals surface area (Å²) in [5.41, 5.74) is 3.72. The van der Waals surface area contributed by atoms with Crippen LogP contribution in [0.15, 0.2) is 29.8 Å². The van der Waals surface area contributed by atoms with E-state index in [4.69, 9.17) is 0 Å². The van der Waals surface area contributed by atoms with Crippen molar-refractivity contribution in [1.82, 2.24) is 9.88 Å². The van der Waals surface area contributed by atoms with Gasteiger partial charge in [0.25, 0.3) is 0 Å². The number of hydrogen-bond donors (Lipinski definition) is 0. The number of benzene rings is 1. The molecule has 19 heavy (non-hydrogen) atoms. The van der Waals surface area contributed by atoms with Crippen molar-refractivity contribution in [3.8, 4) is 0 Å². The summed E-state index contributed by atoms with van der Waals surface area (Å²) < 4.78 is 13.7. The lowest BCUT2D eigenvalue weighted by molar-refractivity contribution is 0.255. The Hall–Kier alpha value is -1.26. The lowest BCUT2D eigenvalue weighted by Gasteiger charge is -2.21. The van der Waals surface area contributed by atoms with E-state index < -0.39 is 0 Å².